The van der Waals surface area contributed by atoms with Crippen molar-refractivity contribution in [1.82, 2.24) is 0 Å². The molecule has 2 N–H and O–H groups in total. The molecule has 4 nitrogen and oxygen atoms in total. The average Bonchev–Trinajstić information content (AvgIpc) is 2.07. The third-order valence-electron chi connectivity index (χ3n) is 1.34. The summed E-state index contributed by atoms with van der Waals surface area (Å²) in [5.41, 5.74) is 5.18. The number of nitrogens with two attached hydrogens (primary N) is 1. The van der Waals surface area contributed by atoms with Gasteiger partial charge in [-0.2, -0.15) is 0 Å². The van der Waals surface area contributed by atoms with Crippen molar-refractivity contribution in [3.8, 4) is 0 Å². The number of cyclic esters (lactones) is 1. The second-order valence-corrected chi connectivity index (χ2v) is 2.16. The van der Waals surface area contributed by atoms with Crippen LogP contribution in [-0.4, -0.2) is 11.8 Å². The van der Waals surface area contributed by atoms with E-state index in [1.54, 1.807) is 0 Å². The number of carbonyl (C=O) groups is 2. The molecular formula is C7H7NO3. The molecule has 0 saturated carbocycles. The normalized spacial score (nSPS) is 17.2. The molecular weight excluding hydrogens is 146 g/mol. The van der Waals surface area contributed by atoms with E-state index in [0.717, 1.165) is 0 Å². The number of rotatable bonds is 1. The van der Waals surface area contributed by atoms with Gasteiger partial charge in [-0.1, -0.05) is 6.58 Å². The molecule has 1 aliphatic heterocycles. The van der Waals surface area contributed by atoms with Gasteiger partial charge in [0.15, 0.2) is 5.78 Å². The van der Waals surface area contributed by atoms with Gasteiger partial charge in [0.25, 0.3) is 0 Å². The van der Waals surface area contributed by atoms with E-state index in [9.17, 15) is 9.59 Å². The largest absolute Gasteiger partial charge is 0.422 e. The van der Waals surface area contributed by atoms with Crippen LogP contribution in [0.4, 0.5) is 0 Å². The Balaban J connectivity index is 3.17. The summed E-state index contributed by atoms with van der Waals surface area (Å²) in [6, 6.07) is 0. The monoisotopic (exact) mass is 153 g/mol. The number of hydrogen-bond acceptors (Lipinski definition) is 4. The summed E-state index contributed by atoms with van der Waals surface area (Å²) in [5.74, 6) is -0.960. The van der Waals surface area contributed by atoms with E-state index in [-0.39, 0.29) is 22.8 Å². The molecule has 0 aromatic heterocycles. The number of esters is 1. The molecule has 0 fully saturated rings. The van der Waals surface area contributed by atoms with Gasteiger partial charge in [0.1, 0.15) is 11.5 Å². The molecule has 1 rings (SSSR count). The number of allylic oxidation sites excluding steroid dienone is 1. The fraction of sp³-hybridized carbons (Fsp3) is 0.143. The molecule has 1 aliphatic rings. The maximum absolute atomic E-state index is 10.8. The number of hydrogen-bond donors (Lipinski definition) is 1. The van der Waals surface area contributed by atoms with Crippen LogP contribution in [-0.2, 0) is 14.3 Å². The summed E-state index contributed by atoms with van der Waals surface area (Å²) in [5, 5.41) is 0. The minimum Gasteiger partial charge on any atom is -0.422 e. The average molecular weight is 153 g/mol. The van der Waals surface area contributed by atoms with Crippen LogP contribution in [0, 0.1) is 0 Å². The summed E-state index contributed by atoms with van der Waals surface area (Å²) < 4.78 is 4.49. The molecule has 0 radical (unpaired) electrons. The highest BCUT2D eigenvalue weighted by molar-refractivity contribution is 6.08. The van der Waals surface area contributed by atoms with Crippen molar-refractivity contribution >= 4 is 11.8 Å². The van der Waals surface area contributed by atoms with Gasteiger partial charge < -0.3 is 10.5 Å². The predicted octanol–water partition coefficient (Wildman–Crippen LogP) is -0.141. The minimum atomic E-state index is -0.694. The first-order chi connectivity index (χ1) is 5.04. The van der Waals surface area contributed by atoms with Gasteiger partial charge >= 0.3 is 5.97 Å². The second-order valence-electron chi connectivity index (χ2n) is 2.16. The molecule has 0 amide bonds. The highest BCUT2D eigenvalue weighted by atomic mass is 16.5. The van der Waals surface area contributed by atoms with Crippen LogP contribution in [0.15, 0.2) is 23.6 Å². The van der Waals surface area contributed by atoms with Crippen LogP contribution in [0.25, 0.3) is 0 Å². The first kappa shape index (κ1) is 7.53. The molecule has 4 heteroatoms. The molecule has 0 spiro atoms. The summed E-state index contributed by atoms with van der Waals surface area (Å²) in [6.45, 7) is 4.66. The Hall–Kier alpha value is -1.58. The van der Waals surface area contributed by atoms with Crippen molar-refractivity contribution in [3.05, 3.63) is 23.6 Å². The van der Waals surface area contributed by atoms with Crippen molar-refractivity contribution in [2.24, 2.45) is 5.73 Å². The zero-order valence-electron chi connectivity index (χ0n) is 6.01. The van der Waals surface area contributed by atoms with Gasteiger partial charge in [-0.3, -0.25) is 4.79 Å². The van der Waals surface area contributed by atoms with Crippen molar-refractivity contribution in [2.75, 3.05) is 0 Å². The molecule has 0 bridgehead atoms. The Morgan fingerprint density at radius 1 is 1.64 bits per heavy atom. The lowest BCUT2D eigenvalue weighted by Gasteiger charge is -1.94. The summed E-state index contributed by atoms with van der Waals surface area (Å²) in [7, 11) is 0. The molecule has 58 valence electrons. The van der Waals surface area contributed by atoms with Crippen LogP contribution < -0.4 is 5.73 Å². The van der Waals surface area contributed by atoms with Crippen LogP contribution >= 0.6 is 0 Å². The fourth-order valence-corrected chi connectivity index (χ4v) is 0.856. The summed E-state index contributed by atoms with van der Waals surface area (Å²) in [4.78, 5) is 21.5. The zero-order chi connectivity index (χ0) is 8.59. The lowest BCUT2D eigenvalue weighted by Crippen LogP contribution is -2.09. The van der Waals surface area contributed by atoms with Gasteiger partial charge in [-0.05, 0) is 6.92 Å². The van der Waals surface area contributed by atoms with Gasteiger partial charge in [0.2, 0.25) is 0 Å². The predicted molar refractivity (Wildman–Crippen MR) is 37.1 cm³/mol. The van der Waals surface area contributed by atoms with Crippen LogP contribution in [0.5, 0.6) is 0 Å². The third kappa shape index (κ3) is 1.02. The van der Waals surface area contributed by atoms with Gasteiger partial charge in [0.05, 0.1) is 5.57 Å². The van der Waals surface area contributed by atoms with E-state index in [2.05, 4.69) is 11.3 Å². The molecule has 0 aromatic carbocycles. The SMILES string of the molecule is C=C1OC(=O)C(N)=C1C(C)=O. The molecule has 0 saturated heterocycles. The van der Waals surface area contributed by atoms with Gasteiger partial charge in [0, 0.05) is 0 Å². The Labute approximate surface area is 63.3 Å². The number of ketones is 1. The number of Topliss-reactive ketones (excluding diaryl/α,β-unsaturated/α-hetero) is 1. The first-order valence-corrected chi connectivity index (χ1v) is 2.96. The van der Waals surface area contributed by atoms with Crippen molar-refractivity contribution in [1.29, 1.82) is 0 Å². The maximum atomic E-state index is 10.8. The molecule has 1 heterocycles. The van der Waals surface area contributed by atoms with Gasteiger partial charge in [-0.15, -0.1) is 0 Å². The lowest BCUT2D eigenvalue weighted by atomic mass is 10.1. The van der Waals surface area contributed by atoms with Crippen LogP contribution in [0.3, 0.4) is 0 Å². The molecule has 0 atom stereocenters. The van der Waals surface area contributed by atoms with Crippen molar-refractivity contribution in [2.45, 2.75) is 6.92 Å². The highest BCUT2D eigenvalue weighted by Crippen LogP contribution is 2.21. The van der Waals surface area contributed by atoms with E-state index in [0.29, 0.717) is 0 Å². The maximum Gasteiger partial charge on any atom is 0.360 e. The highest BCUT2D eigenvalue weighted by Gasteiger charge is 2.28. The van der Waals surface area contributed by atoms with E-state index in [1.165, 1.54) is 6.92 Å². The summed E-state index contributed by atoms with van der Waals surface area (Å²) >= 11 is 0. The summed E-state index contributed by atoms with van der Waals surface area (Å²) in [6.07, 6.45) is 0. The Morgan fingerprint density at radius 2 is 2.18 bits per heavy atom. The Bertz CT molecular complexity index is 288. The van der Waals surface area contributed by atoms with Crippen LogP contribution in [0.2, 0.25) is 0 Å². The van der Waals surface area contributed by atoms with Gasteiger partial charge in [-0.25, -0.2) is 4.79 Å². The Kier molecular flexibility index (Phi) is 1.53. The molecule has 0 aromatic rings. The standard InChI is InChI=1S/C7H7NO3/c1-3(9)5-4(2)11-7(10)6(5)8/h2,8H2,1H3. The smallest absolute Gasteiger partial charge is 0.360 e. The number of carbonyl (C=O) groups excluding carboxylic acids is 2. The molecule has 11 heavy (non-hydrogen) atoms. The number of ether oxygens (including phenoxy) is 1. The van der Waals surface area contributed by atoms with Crippen LogP contribution in [0.1, 0.15) is 6.92 Å². The Morgan fingerprint density at radius 3 is 2.36 bits per heavy atom. The molecule has 0 aliphatic carbocycles. The van der Waals surface area contributed by atoms with E-state index in [4.69, 9.17) is 5.73 Å². The van der Waals surface area contributed by atoms with E-state index < -0.39 is 5.97 Å². The minimum absolute atomic E-state index is 0.0417. The third-order valence-corrected chi connectivity index (χ3v) is 1.34. The quantitative estimate of drug-likeness (QED) is 0.532. The fourth-order valence-electron chi connectivity index (χ4n) is 0.856. The van der Waals surface area contributed by atoms with Crippen molar-refractivity contribution in [3.63, 3.8) is 0 Å². The van der Waals surface area contributed by atoms with E-state index >= 15 is 0 Å². The van der Waals surface area contributed by atoms with Crippen molar-refractivity contribution < 1.29 is 14.3 Å². The lowest BCUT2D eigenvalue weighted by molar-refractivity contribution is -0.133. The first-order valence-electron chi connectivity index (χ1n) is 2.96. The second kappa shape index (κ2) is 2.23. The zero-order valence-corrected chi connectivity index (χ0v) is 6.01. The van der Waals surface area contributed by atoms with E-state index in [1.807, 2.05) is 0 Å². The topological polar surface area (TPSA) is 69.4 Å². The molecule has 0 unspecified atom stereocenters.